The number of methoxy groups -OCH3 is 1. The molecule has 1 aliphatic heterocycles. The van der Waals surface area contributed by atoms with Crippen molar-refractivity contribution in [1.29, 1.82) is 0 Å². The zero-order chi connectivity index (χ0) is 21.9. The van der Waals surface area contributed by atoms with Crippen LogP contribution in [0.3, 0.4) is 0 Å². The summed E-state index contributed by atoms with van der Waals surface area (Å²) in [6, 6.07) is 7.70. The number of sulfonamides is 1. The fourth-order valence-electron chi connectivity index (χ4n) is 2.87. The lowest BCUT2D eigenvalue weighted by atomic mass is 10.2. The van der Waals surface area contributed by atoms with Crippen molar-refractivity contribution >= 4 is 38.9 Å². The van der Waals surface area contributed by atoms with Crippen LogP contribution in [0.5, 0.6) is 5.75 Å². The first-order valence-corrected chi connectivity index (χ1v) is 10.6. The zero-order valence-corrected chi connectivity index (χ0v) is 17.4. The van der Waals surface area contributed by atoms with Gasteiger partial charge in [0.25, 0.3) is 11.6 Å². The monoisotopic (exact) mass is 455 g/mol. The minimum atomic E-state index is -3.79. The zero-order valence-electron chi connectivity index (χ0n) is 15.8. The number of rotatable bonds is 6. The highest BCUT2D eigenvalue weighted by atomic mass is 35.5. The largest absolute Gasteiger partial charge is 0.495 e. The first-order chi connectivity index (χ1) is 14.2. The number of morpholine rings is 1. The van der Waals surface area contributed by atoms with Gasteiger partial charge in [-0.05, 0) is 30.3 Å². The van der Waals surface area contributed by atoms with E-state index in [1.165, 1.54) is 41.7 Å². The molecule has 3 rings (SSSR count). The van der Waals surface area contributed by atoms with Gasteiger partial charge in [-0.15, -0.1) is 0 Å². The van der Waals surface area contributed by atoms with E-state index in [4.69, 9.17) is 21.1 Å². The lowest BCUT2D eigenvalue weighted by molar-refractivity contribution is -0.384. The van der Waals surface area contributed by atoms with Gasteiger partial charge in [-0.25, -0.2) is 8.42 Å². The second kappa shape index (κ2) is 8.96. The maximum absolute atomic E-state index is 12.9. The number of ether oxygens (including phenoxy) is 2. The molecule has 1 fully saturated rings. The highest BCUT2D eigenvalue weighted by Crippen LogP contribution is 2.31. The molecule has 0 saturated carbocycles. The number of carbonyl (C=O) groups excluding carboxylic acids is 1. The van der Waals surface area contributed by atoms with E-state index in [-0.39, 0.29) is 40.0 Å². The average Bonchev–Trinajstić information content (AvgIpc) is 2.74. The van der Waals surface area contributed by atoms with Crippen molar-refractivity contribution in [1.82, 2.24) is 4.31 Å². The predicted octanol–water partition coefficient (Wildman–Crippen LogP) is 2.53. The summed E-state index contributed by atoms with van der Waals surface area (Å²) in [6.07, 6.45) is 0. The molecule has 0 atom stereocenters. The Hall–Kier alpha value is -2.73. The predicted molar refractivity (Wildman–Crippen MR) is 109 cm³/mol. The molecule has 0 radical (unpaired) electrons. The second-order valence-corrected chi connectivity index (χ2v) is 8.60. The SMILES string of the molecule is COc1ccc(S(=O)(=O)N2CCOCC2)cc1NC(=O)c1ccc(Cl)c([N+](=O)[O-])c1. The van der Waals surface area contributed by atoms with Crippen LogP contribution in [0.1, 0.15) is 10.4 Å². The third-order valence-corrected chi connectivity index (χ3v) is 6.65. The summed E-state index contributed by atoms with van der Waals surface area (Å²) in [7, 11) is -2.42. The average molecular weight is 456 g/mol. The van der Waals surface area contributed by atoms with Crippen LogP contribution in [0.4, 0.5) is 11.4 Å². The summed E-state index contributed by atoms with van der Waals surface area (Å²) in [4.78, 5) is 22.9. The van der Waals surface area contributed by atoms with Crippen molar-refractivity contribution in [2.75, 3.05) is 38.7 Å². The van der Waals surface area contributed by atoms with Crippen molar-refractivity contribution in [2.45, 2.75) is 4.90 Å². The number of nitrogens with zero attached hydrogens (tertiary/aromatic N) is 2. The number of halogens is 1. The number of benzene rings is 2. The first kappa shape index (κ1) is 22.0. The Morgan fingerprint density at radius 2 is 1.93 bits per heavy atom. The van der Waals surface area contributed by atoms with E-state index in [0.717, 1.165) is 6.07 Å². The van der Waals surface area contributed by atoms with Gasteiger partial charge < -0.3 is 14.8 Å². The highest BCUT2D eigenvalue weighted by molar-refractivity contribution is 7.89. The molecule has 1 N–H and O–H groups in total. The molecule has 1 saturated heterocycles. The van der Waals surface area contributed by atoms with Crippen molar-refractivity contribution in [3.05, 3.63) is 57.1 Å². The maximum atomic E-state index is 12.9. The van der Waals surface area contributed by atoms with E-state index in [1.807, 2.05) is 0 Å². The number of hydrogen-bond donors (Lipinski definition) is 1. The number of nitro benzene ring substituents is 1. The van der Waals surface area contributed by atoms with Gasteiger partial charge in [0.2, 0.25) is 10.0 Å². The number of amides is 1. The van der Waals surface area contributed by atoms with Crippen LogP contribution in [0.2, 0.25) is 5.02 Å². The number of nitro groups is 1. The molecule has 160 valence electrons. The van der Waals surface area contributed by atoms with Gasteiger partial charge in [0.1, 0.15) is 10.8 Å². The van der Waals surface area contributed by atoms with E-state index < -0.39 is 26.5 Å². The molecule has 0 bridgehead atoms. The standard InChI is InChI=1S/C18H18ClN3O7S/c1-28-17-5-3-13(30(26,27)21-6-8-29-9-7-21)11-15(17)20-18(23)12-2-4-14(19)16(10-12)22(24)25/h2-5,10-11H,6-9H2,1H3,(H,20,23). The second-order valence-electron chi connectivity index (χ2n) is 6.26. The van der Waals surface area contributed by atoms with Gasteiger partial charge in [-0.2, -0.15) is 4.31 Å². The number of hydrogen-bond acceptors (Lipinski definition) is 7. The van der Waals surface area contributed by atoms with Gasteiger partial charge in [0.15, 0.2) is 0 Å². The first-order valence-electron chi connectivity index (χ1n) is 8.75. The molecule has 0 aliphatic carbocycles. The Balaban J connectivity index is 1.92. The lowest BCUT2D eigenvalue weighted by Gasteiger charge is -2.26. The molecular weight excluding hydrogens is 438 g/mol. The normalized spacial score (nSPS) is 14.9. The Morgan fingerprint density at radius 3 is 2.57 bits per heavy atom. The molecule has 30 heavy (non-hydrogen) atoms. The van der Waals surface area contributed by atoms with E-state index in [9.17, 15) is 23.3 Å². The number of anilines is 1. The van der Waals surface area contributed by atoms with E-state index in [2.05, 4.69) is 5.32 Å². The topological polar surface area (TPSA) is 128 Å². The van der Waals surface area contributed by atoms with Crippen molar-refractivity contribution in [3.8, 4) is 5.75 Å². The molecule has 0 spiro atoms. The number of carbonyl (C=O) groups is 1. The van der Waals surface area contributed by atoms with Gasteiger partial charge in [0, 0.05) is 24.7 Å². The van der Waals surface area contributed by atoms with E-state index in [1.54, 1.807) is 0 Å². The Kier molecular flexibility index (Phi) is 6.56. The number of nitrogens with one attached hydrogen (secondary N) is 1. The van der Waals surface area contributed by atoms with Crippen molar-refractivity contribution in [3.63, 3.8) is 0 Å². The molecule has 1 amide bonds. The van der Waals surface area contributed by atoms with Crippen LogP contribution in [-0.4, -0.2) is 57.0 Å². The van der Waals surface area contributed by atoms with Crippen LogP contribution in [-0.2, 0) is 14.8 Å². The molecule has 0 aromatic heterocycles. The molecule has 1 heterocycles. The highest BCUT2D eigenvalue weighted by Gasteiger charge is 2.27. The quantitative estimate of drug-likeness (QED) is 0.523. The Morgan fingerprint density at radius 1 is 1.23 bits per heavy atom. The van der Waals surface area contributed by atoms with E-state index in [0.29, 0.717) is 13.2 Å². The van der Waals surface area contributed by atoms with Gasteiger partial charge >= 0.3 is 0 Å². The fourth-order valence-corrected chi connectivity index (χ4v) is 4.49. The third-order valence-electron chi connectivity index (χ3n) is 4.43. The van der Waals surface area contributed by atoms with Gasteiger partial charge in [0.05, 0.1) is 35.8 Å². The van der Waals surface area contributed by atoms with Gasteiger partial charge in [-0.3, -0.25) is 14.9 Å². The lowest BCUT2D eigenvalue weighted by Crippen LogP contribution is -2.40. The Labute approximate surface area is 177 Å². The van der Waals surface area contributed by atoms with Crippen LogP contribution in [0, 0.1) is 10.1 Å². The molecule has 0 unspecified atom stereocenters. The molecular formula is C18H18ClN3O7S. The fraction of sp³-hybridized carbons (Fsp3) is 0.278. The summed E-state index contributed by atoms with van der Waals surface area (Å²) >= 11 is 5.77. The minimum Gasteiger partial charge on any atom is -0.495 e. The Bertz CT molecular complexity index is 1090. The minimum absolute atomic E-state index is 0.0189. The van der Waals surface area contributed by atoms with Crippen LogP contribution in [0.25, 0.3) is 0 Å². The smallest absolute Gasteiger partial charge is 0.288 e. The summed E-state index contributed by atoms with van der Waals surface area (Å²) in [6.45, 7) is 1.05. The molecule has 10 nitrogen and oxygen atoms in total. The summed E-state index contributed by atoms with van der Waals surface area (Å²) < 4.78 is 37.4. The third kappa shape index (κ3) is 4.54. The summed E-state index contributed by atoms with van der Waals surface area (Å²) in [5.41, 5.74) is -0.330. The summed E-state index contributed by atoms with van der Waals surface area (Å²) in [5, 5.41) is 13.5. The molecule has 12 heteroatoms. The van der Waals surface area contributed by atoms with Gasteiger partial charge in [-0.1, -0.05) is 11.6 Å². The van der Waals surface area contributed by atoms with Crippen LogP contribution in [0.15, 0.2) is 41.3 Å². The van der Waals surface area contributed by atoms with Crippen LogP contribution < -0.4 is 10.1 Å². The van der Waals surface area contributed by atoms with E-state index >= 15 is 0 Å². The molecule has 2 aromatic carbocycles. The van der Waals surface area contributed by atoms with Crippen LogP contribution >= 0.6 is 11.6 Å². The van der Waals surface area contributed by atoms with Crippen molar-refractivity contribution < 1.29 is 27.6 Å². The van der Waals surface area contributed by atoms with Crippen molar-refractivity contribution in [2.24, 2.45) is 0 Å². The maximum Gasteiger partial charge on any atom is 0.288 e. The molecule has 2 aromatic rings. The summed E-state index contributed by atoms with van der Waals surface area (Å²) in [5.74, 6) is -0.457. The molecule has 1 aliphatic rings.